The lowest BCUT2D eigenvalue weighted by molar-refractivity contribution is -0.146. The molecule has 0 aromatic heterocycles. The smallest absolute Gasteiger partial charge is 0.326 e. The first kappa shape index (κ1) is 26.4. The number of ether oxygens (including phenoxy) is 1. The van der Waals surface area contributed by atoms with Crippen molar-refractivity contribution < 1.29 is 34.1 Å². The molecule has 0 aliphatic carbocycles. The standard InChI is InChI=1S/C25H30N2O7/c1-15-11-16(2)13-18(12-15)26-21(28)14-17-5-7-19(8-6-17)34-25(3,4)24(33)27-20(23(31)32)9-10-22(29)30/h5-8,11-13,20H,9-10,14H2,1-4H3,(H,26,28)(H,27,33)(H,29,30)(H,31,32). The van der Waals surface area contributed by atoms with E-state index in [9.17, 15) is 24.3 Å². The van der Waals surface area contributed by atoms with Crippen molar-refractivity contribution in [1.82, 2.24) is 5.32 Å². The van der Waals surface area contributed by atoms with Crippen LogP contribution in [0.3, 0.4) is 0 Å². The van der Waals surface area contributed by atoms with Crippen LogP contribution in [0.4, 0.5) is 5.69 Å². The van der Waals surface area contributed by atoms with E-state index in [0.29, 0.717) is 5.75 Å². The van der Waals surface area contributed by atoms with Crippen LogP contribution in [0.15, 0.2) is 42.5 Å². The van der Waals surface area contributed by atoms with Gasteiger partial charge in [0.1, 0.15) is 11.8 Å². The maximum atomic E-state index is 12.6. The highest BCUT2D eigenvalue weighted by atomic mass is 16.5. The molecule has 0 saturated heterocycles. The van der Waals surface area contributed by atoms with Gasteiger partial charge in [0, 0.05) is 12.1 Å². The summed E-state index contributed by atoms with van der Waals surface area (Å²) < 4.78 is 5.73. The van der Waals surface area contributed by atoms with Gasteiger partial charge >= 0.3 is 11.9 Å². The third-order valence-corrected chi connectivity index (χ3v) is 4.96. The second-order valence-electron chi connectivity index (χ2n) is 8.65. The quantitative estimate of drug-likeness (QED) is 0.395. The molecule has 34 heavy (non-hydrogen) atoms. The van der Waals surface area contributed by atoms with Crippen LogP contribution in [0.5, 0.6) is 5.75 Å². The van der Waals surface area contributed by atoms with Crippen molar-refractivity contribution in [2.45, 2.75) is 58.6 Å². The number of amides is 2. The number of carboxylic acid groups (broad SMARTS) is 2. The Morgan fingerprint density at radius 2 is 1.56 bits per heavy atom. The first-order valence-electron chi connectivity index (χ1n) is 10.8. The molecular formula is C25H30N2O7. The van der Waals surface area contributed by atoms with Crippen LogP contribution in [0.25, 0.3) is 0 Å². The highest BCUT2D eigenvalue weighted by molar-refractivity contribution is 5.92. The van der Waals surface area contributed by atoms with Gasteiger partial charge in [0.15, 0.2) is 5.60 Å². The highest BCUT2D eigenvalue weighted by Gasteiger charge is 2.33. The van der Waals surface area contributed by atoms with Gasteiger partial charge in [-0.15, -0.1) is 0 Å². The monoisotopic (exact) mass is 470 g/mol. The molecule has 1 unspecified atom stereocenters. The van der Waals surface area contributed by atoms with E-state index in [2.05, 4.69) is 10.6 Å². The van der Waals surface area contributed by atoms with Crippen molar-refractivity contribution in [2.75, 3.05) is 5.32 Å². The third kappa shape index (κ3) is 8.23. The molecule has 2 amide bonds. The molecule has 4 N–H and O–H groups in total. The fourth-order valence-electron chi connectivity index (χ4n) is 3.31. The van der Waals surface area contributed by atoms with Crippen LogP contribution in [0.2, 0.25) is 0 Å². The molecule has 9 heteroatoms. The fourth-order valence-corrected chi connectivity index (χ4v) is 3.31. The number of hydrogen-bond acceptors (Lipinski definition) is 5. The number of aryl methyl sites for hydroxylation is 2. The van der Waals surface area contributed by atoms with E-state index in [1.807, 2.05) is 32.0 Å². The van der Waals surface area contributed by atoms with Crippen LogP contribution in [0, 0.1) is 13.8 Å². The summed E-state index contributed by atoms with van der Waals surface area (Å²) in [5.74, 6) is -2.98. The number of carbonyl (C=O) groups is 4. The normalized spacial score (nSPS) is 11.9. The van der Waals surface area contributed by atoms with Gasteiger partial charge in [0.05, 0.1) is 6.42 Å². The number of nitrogens with one attached hydrogen (secondary N) is 2. The minimum atomic E-state index is -1.42. The minimum Gasteiger partial charge on any atom is -0.481 e. The lowest BCUT2D eigenvalue weighted by atomic mass is 10.1. The van der Waals surface area contributed by atoms with Crippen LogP contribution >= 0.6 is 0 Å². The van der Waals surface area contributed by atoms with Gasteiger partial charge in [0.2, 0.25) is 5.91 Å². The molecule has 0 saturated carbocycles. The van der Waals surface area contributed by atoms with Gasteiger partial charge < -0.3 is 25.6 Å². The lowest BCUT2D eigenvalue weighted by Crippen LogP contribution is -2.52. The van der Waals surface area contributed by atoms with Crippen LogP contribution in [0.1, 0.15) is 43.4 Å². The molecule has 0 heterocycles. The Bertz CT molecular complexity index is 1040. The maximum Gasteiger partial charge on any atom is 0.326 e. The van der Waals surface area contributed by atoms with E-state index in [1.165, 1.54) is 13.8 Å². The number of hydrogen-bond donors (Lipinski definition) is 4. The van der Waals surface area contributed by atoms with Crippen molar-refractivity contribution in [3.05, 3.63) is 59.2 Å². The van der Waals surface area contributed by atoms with E-state index in [4.69, 9.17) is 9.84 Å². The molecule has 0 radical (unpaired) electrons. The molecular weight excluding hydrogens is 440 g/mol. The summed E-state index contributed by atoms with van der Waals surface area (Å²) >= 11 is 0. The summed E-state index contributed by atoms with van der Waals surface area (Å²) in [5, 5.41) is 23.2. The average molecular weight is 471 g/mol. The van der Waals surface area contributed by atoms with Crippen molar-refractivity contribution in [3.8, 4) is 5.75 Å². The number of carboxylic acids is 2. The van der Waals surface area contributed by atoms with E-state index < -0.39 is 35.9 Å². The number of carbonyl (C=O) groups excluding carboxylic acids is 2. The Balaban J connectivity index is 1.96. The summed E-state index contributed by atoms with van der Waals surface area (Å²) in [6, 6.07) is 11.1. The second-order valence-corrected chi connectivity index (χ2v) is 8.65. The SMILES string of the molecule is Cc1cc(C)cc(NC(=O)Cc2ccc(OC(C)(C)C(=O)NC(CCC(=O)O)C(=O)O)cc2)c1. The molecule has 1 atom stereocenters. The van der Waals surface area contributed by atoms with Gasteiger partial charge in [-0.3, -0.25) is 14.4 Å². The summed E-state index contributed by atoms with van der Waals surface area (Å²) in [7, 11) is 0. The molecule has 9 nitrogen and oxygen atoms in total. The minimum absolute atomic E-state index is 0.154. The van der Waals surface area contributed by atoms with Gasteiger partial charge in [-0.2, -0.15) is 0 Å². The molecule has 0 fully saturated rings. The molecule has 0 aliphatic heterocycles. The molecule has 0 bridgehead atoms. The van der Waals surface area contributed by atoms with Crippen LogP contribution in [-0.4, -0.2) is 45.6 Å². The lowest BCUT2D eigenvalue weighted by Gasteiger charge is -2.27. The zero-order chi connectivity index (χ0) is 25.5. The topological polar surface area (TPSA) is 142 Å². The third-order valence-electron chi connectivity index (χ3n) is 4.96. The molecule has 2 rings (SSSR count). The Kier molecular flexibility index (Phi) is 8.77. The summed E-state index contributed by atoms with van der Waals surface area (Å²) in [6.07, 6.45) is -0.483. The Morgan fingerprint density at radius 1 is 0.971 bits per heavy atom. The van der Waals surface area contributed by atoms with E-state index in [-0.39, 0.29) is 18.7 Å². The molecule has 2 aromatic carbocycles. The summed E-state index contributed by atoms with van der Waals surface area (Å²) in [4.78, 5) is 47.0. The van der Waals surface area contributed by atoms with E-state index in [1.54, 1.807) is 24.3 Å². The van der Waals surface area contributed by atoms with Gasteiger partial charge in [-0.25, -0.2) is 4.79 Å². The molecule has 182 valence electrons. The fraction of sp³-hybridized carbons (Fsp3) is 0.360. The van der Waals surface area contributed by atoms with E-state index in [0.717, 1.165) is 22.4 Å². The van der Waals surface area contributed by atoms with Crippen molar-refractivity contribution in [1.29, 1.82) is 0 Å². The first-order chi connectivity index (χ1) is 15.9. The zero-order valence-electron chi connectivity index (χ0n) is 19.7. The number of aliphatic carboxylic acids is 2. The second kappa shape index (κ2) is 11.3. The number of anilines is 1. The Hall–Kier alpha value is -3.88. The maximum absolute atomic E-state index is 12.6. The number of benzene rings is 2. The van der Waals surface area contributed by atoms with Crippen LogP contribution < -0.4 is 15.4 Å². The molecule has 0 spiro atoms. The summed E-state index contributed by atoms with van der Waals surface area (Å²) in [6.45, 7) is 6.87. The van der Waals surface area contributed by atoms with Crippen molar-refractivity contribution in [2.24, 2.45) is 0 Å². The predicted octanol–water partition coefficient (Wildman–Crippen LogP) is 3.08. The molecule has 2 aromatic rings. The van der Waals surface area contributed by atoms with Crippen LogP contribution in [-0.2, 0) is 25.6 Å². The van der Waals surface area contributed by atoms with Gasteiger partial charge in [-0.05, 0) is 75.1 Å². The van der Waals surface area contributed by atoms with E-state index >= 15 is 0 Å². The first-order valence-corrected chi connectivity index (χ1v) is 10.8. The molecule has 0 aliphatic rings. The number of rotatable bonds is 11. The Labute approximate surface area is 198 Å². The van der Waals surface area contributed by atoms with Crippen molar-refractivity contribution in [3.63, 3.8) is 0 Å². The highest BCUT2D eigenvalue weighted by Crippen LogP contribution is 2.21. The largest absolute Gasteiger partial charge is 0.481 e. The van der Waals surface area contributed by atoms with Gasteiger partial charge in [0.25, 0.3) is 5.91 Å². The zero-order valence-corrected chi connectivity index (χ0v) is 19.7. The predicted molar refractivity (Wildman–Crippen MR) is 126 cm³/mol. The summed E-state index contributed by atoms with van der Waals surface area (Å²) in [5.41, 5.74) is 2.17. The van der Waals surface area contributed by atoms with Crippen molar-refractivity contribution >= 4 is 29.4 Å². The average Bonchev–Trinajstić information content (AvgIpc) is 2.70. The Morgan fingerprint density at radius 3 is 2.09 bits per heavy atom. The van der Waals surface area contributed by atoms with Gasteiger partial charge in [-0.1, -0.05) is 18.2 Å².